The summed E-state index contributed by atoms with van der Waals surface area (Å²) in [6.45, 7) is 3.87. The predicted molar refractivity (Wildman–Crippen MR) is 127 cm³/mol. The van der Waals surface area contributed by atoms with E-state index in [1.165, 1.54) is 12.0 Å². The van der Waals surface area contributed by atoms with E-state index in [-0.39, 0.29) is 11.3 Å². The first-order valence-corrected chi connectivity index (χ1v) is 10.5. The fourth-order valence-corrected chi connectivity index (χ4v) is 4.28. The van der Waals surface area contributed by atoms with E-state index in [1.807, 2.05) is 32.0 Å². The molecule has 1 N–H and O–H groups in total. The van der Waals surface area contributed by atoms with E-state index in [0.29, 0.717) is 28.3 Å². The molecule has 33 heavy (non-hydrogen) atoms. The standard InChI is InChI=1S/C27H25NO5/c1-16-13-17(2)15-19(14-16)28-24(18-9-11-20(32-3)12-10-18)23(26(30)27(28)31)25(29)21-7-5-6-8-22(21)33-4/h5-15,24,29H,1-4H3/b25-23+. The van der Waals surface area contributed by atoms with Crippen LogP contribution in [-0.2, 0) is 9.59 Å². The number of aryl methyl sites for hydroxylation is 2. The molecule has 1 unspecified atom stereocenters. The van der Waals surface area contributed by atoms with Crippen molar-refractivity contribution in [1.82, 2.24) is 0 Å². The van der Waals surface area contributed by atoms with Crippen LogP contribution in [0.5, 0.6) is 11.5 Å². The summed E-state index contributed by atoms with van der Waals surface area (Å²) in [4.78, 5) is 28.1. The number of benzene rings is 3. The monoisotopic (exact) mass is 443 g/mol. The number of hydrogen-bond donors (Lipinski definition) is 1. The number of Topliss-reactive ketones (excluding diaryl/α,β-unsaturated/α-hetero) is 1. The number of ketones is 1. The molecule has 6 nitrogen and oxygen atoms in total. The molecule has 3 aromatic carbocycles. The van der Waals surface area contributed by atoms with E-state index < -0.39 is 17.7 Å². The van der Waals surface area contributed by atoms with Crippen LogP contribution in [-0.4, -0.2) is 31.0 Å². The number of ether oxygens (including phenoxy) is 2. The van der Waals surface area contributed by atoms with Crippen molar-refractivity contribution >= 4 is 23.1 Å². The van der Waals surface area contributed by atoms with Crippen molar-refractivity contribution in [2.45, 2.75) is 19.9 Å². The van der Waals surface area contributed by atoms with Gasteiger partial charge in [0.2, 0.25) is 0 Å². The van der Waals surface area contributed by atoms with Gasteiger partial charge in [0, 0.05) is 5.69 Å². The number of methoxy groups -OCH3 is 2. The molecule has 0 bridgehead atoms. The number of amides is 1. The third-order valence-electron chi connectivity index (χ3n) is 5.72. The maximum Gasteiger partial charge on any atom is 0.300 e. The van der Waals surface area contributed by atoms with Crippen LogP contribution in [0.1, 0.15) is 28.3 Å². The molecule has 3 aromatic rings. The normalized spacial score (nSPS) is 17.3. The Morgan fingerprint density at radius 1 is 0.879 bits per heavy atom. The highest BCUT2D eigenvalue weighted by atomic mass is 16.5. The Hall–Kier alpha value is -4.06. The average Bonchev–Trinajstić information content (AvgIpc) is 3.08. The Morgan fingerprint density at radius 3 is 2.12 bits per heavy atom. The summed E-state index contributed by atoms with van der Waals surface area (Å²) in [7, 11) is 3.06. The van der Waals surface area contributed by atoms with Gasteiger partial charge in [-0.25, -0.2) is 0 Å². The van der Waals surface area contributed by atoms with Crippen molar-refractivity contribution < 1.29 is 24.2 Å². The number of aliphatic hydroxyl groups is 1. The predicted octanol–water partition coefficient (Wildman–Crippen LogP) is 4.95. The molecule has 0 saturated carbocycles. The maximum atomic E-state index is 13.3. The number of hydrogen-bond acceptors (Lipinski definition) is 5. The van der Waals surface area contributed by atoms with E-state index in [1.54, 1.807) is 55.6 Å². The van der Waals surface area contributed by atoms with Gasteiger partial charge in [0.05, 0.1) is 31.4 Å². The number of rotatable bonds is 5. The number of carbonyl (C=O) groups excluding carboxylic acids is 2. The summed E-state index contributed by atoms with van der Waals surface area (Å²) in [6.07, 6.45) is 0. The van der Waals surface area contributed by atoms with E-state index in [4.69, 9.17) is 9.47 Å². The lowest BCUT2D eigenvalue weighted by Crippen LogP contribution is -2.29. The first kappa shape index (κ1) is 22.1. The molecule has 0 radical (unpaired) electrons. The van der Waals surface area contributed by atoms with Gasteiger partial charge in [-0.2, -0.15) is 0 Å². The maximum absolute atomic E-state index is 13.3. The number of carbonyl (C=O) groups is 2. The summed E-state index contributed by atoms with van der Waals surface area (Å²) in [6, 6.07) is 18.9. The molecule has 1 saturated heterocycles. The van der Waals surface area contributed by atoms with Crippen LogP contribution in [0.3, 0.4) is 0 Å². The Labute approximate surface area is 192 Å². The average molecular weight is 443 g/mol. The summed E-state index contributed by atoms with van der Waals surface area (Å²) >= 11 is 0. The minimum absolute atomic E-state index is 0.00817. The van der Waals surface area contributed by atoms with Gasteiger partial charge in [0.1, 0.15) is 17.3 Å². The molecule has 168 valence electrons. The van der Waals surface area contributed by atoms with E-state index in [0.717, 1.165) is 11.1 Å². The molecular formula is C27H25NO5. The van der Waals surface area contributed by atoms with Gasteiger partial charge in [-0.05, 0) is 66.9 Å². The first-order valence-electron chi connectivity index (χ1n) is 10.5. The highest BCUT2D eigenvalue weighted by Gasteiger charge is 2.47. The third kappa shape index (κ3) is 3.96. The van der Waals surface area contributed by atoms with E-state index >= 15 is 0 Å². The van der Waals surface area contributed by atoms with Gasteiger partial charge in [-0.1, -0.05) is 30.3 Å². The van der Waals surface area contributed by atoms with Gasteiger partial charge in [-0.15, -0.1) is 0 Å². The lowest BCUT2D eigenvalue weighted by molar-refractivity contribution is -0.132. The second-order valence-corrected chi connectivity index (χ2v) is 7.99. The smallest absolute Gasteiger partial charge is 0.300 e. The molecule has 1 aliphatic rings. The summed E-state index contributed by atoms with van der Waals surface area (Å²) < 4.78 is 10.6. The van der Waals surface area contributed by atoms with Gasteiger partial charge in [0.25, 0.3) is 11.7 Å². The zero-order chi connectivity index (χ0) is 23.7. The van der Waals surface area contributed by atoms with Crippen LogP contribution >= 0.6 is 0 Å². The molecule has 1 fully saturated rings. The molecule has 1 amide bonds. The highest BCUT2D eigenvalue weighted by molar-refractivity contribution is 6.51. The largest absolute Gasteiger partial charge is 0.507 e. The van der Waals surface area contributed by atoms with Crippen LogP contribution in [0.25, 0.3) is 5.76 Å². The van der Waals surface area contributed by atoms with Crippen LogP contribution in [0.2, 0.25) is 0 Å². The Morgan fingerprint density at radius 2 is 1.52 bits per heavy atom. The van der Waals surface area contributed by atoms with Crippen molar-refractivity contribution in [3.63, 3.8) is 0 Å². The Kier molecular flexibility index (Phi) is 5.92. The van der Waals surface area contributed by atoms with E-state index in [2.05, 4.69) is 0 Å². The van der Waals surface area contributed by atoms with Gasteiger partial charge >= 0.3 is 0 Å². The lowest BCUT2D eigenvalue weighted by atomic mass is 9.94. The molecule has 4 rings (SSSR count). The lowest BCUT2D eigenvalue weighted by Gasteiger charge is -2.26. The molecule has 1 aliphatic heterocycles. The van der Waals surface area contributed by atoms with Crippen molar-refractivity contribution in [2.24, 2.45) is 0 Å². The van der Waals surface area contributed by atoms with Gasteiger partial charge in [0.15, 0.2) is 0 Å². The SMILES string of the molecule is COc1ccc(C2/C(=C(\O)c3ccccc3OC)C(=O)C(=O)N2c2cc(C)cc(C)c2)cc1. The van der Waals surface area contributed by atoms with Crippen molar-refractivity contribution in [3.05, 3.63) is 94.6 Å². The quantitative estimate of drug-likeness (QED) is 0.343. The number of aliphatic hydroxyl groups excluding tert-OH is 1. The summed E-state index contributed by atoms with van der Waals surface area (Å²) in [5.74, 6) is -0.679. The summed E-state index contributed by atoms with van der Waals surface area (Å²) in [5, 5.41) is 11.3. The second kappa shape index (κ2) is 8.82. The fourth-order valence-electron chi connectivity index (χ4n) is 4.28. The third-order valence-corrected chi connectivity index (χ3v) is 5.72. The second-order valence-electron chi connectivity index (χ2n) is 7.99. The number of para-hydroxylation sites is 1. The van der Waals surface area contributed by atoms with Crippen LogP contribution in [0.15, 0.2) is 72.3 Å². The van der Waals surface area contributed by atoms with Crippen molar-refractivity contribution in [3.8, 4) is 11.5 Å². The van der Waals surface area contributed by atoms with Crippen LogP contribution in [0, 0.1) is 13.8 Å². The van der Waals surface area contributed by atoms with Gasteiger partial charge in [-0.3, -0.25) is 14.5 Å². The molecule has 0 aromatic heterocycles. The van der Waals surface area contributed by atoms with Gasteiger partial charge < -0.3 is 14.6 Å². The zero-order valence-electron chi connectivity index (χ0n) is 19.0. The van der Waals surface area contributed by atoms with Crippen LogP contribution < -0.4 is 14.4 Å². The van der Waals surface area contributed by atoms with E-state index in [9.17, 15) is 14.7 Å². The zero-order valence-corrected chi connectivity index (χ0v) is 19.0. The number of anilines is 1. The highest BCUT2D eigenvalue weighted by Crippen LogP contribution is 2.43. The first-order chi connectivity index (χ1) is 15.8. The topological polar surface area (TPSA) is 76.1 Å². The molecule has 6 heteroatoms. The number of nitrogens with zero attached hydrogens (tertiary/aromatic N) is 1. The molecular weight excluding hydrogens is 418 g/mol. The Balaban J connectivity index is 1.98. The van der Waals surface area contributed by atoms with Crippen LogP contribution in [0.4, 0.5) is 5.69 Å². The summed E-state index contributed by atoms with van der Waals surface area (Å²) in [5.41, 5.74) is 3.54. The van der Waals surface area contributed by atoms with Crippen molar-refractivity contribution in [2.75, 3.05) is 19.1 Å². The fraction of sp³-hybridized carbons (Fsp3) is 0.185. The van der Waals surface area contributed by atoms with Crippen molar-refractivity contribution in [1.29, 1.82) is 0 Å². The molecule has 1 heterocycles. The minimum Gasteiger partial charge on any atom is -0.507 e. The molecule has 0 spiro atoms. The molecule has 0 aliphatic carbocycles. The Bertz CT molecular complexity index is 1240. The minimum atomic E-state index is -0.818. The molecule has 1 atom stereocenters.